The Morgan fingerprint density at radius 1 is 0.756 bits per heavy atom. The van der Waals surface area contributed by atoms with Gasteiger partial charge in [0.1, 0.15) is 18.7 Å². The van der Waals surface area contributed by atoms with E-state index < -0.39 is 36.0 Å². The minimum Gasteiger partial charge on any atom is -0.445 e. The summed E-state index contributed by atoms with van der Waals surface area (Å²) in [6.07, 6.45) is -0.0599. The number of hydrogen-bond donors (Lipinski definition) is 3. The van der Waals surface area contributed by atoms with E-state index in [1.165, 1.54) is 11.8 Å². The summed E-state index contributed by atoms with van der Waals surface area (Å²) >= 11 is 0. The number of carbonyl (C=O) groups is 5. The Morgan fingerprint density at radius 2 is 1.29 bits per heavy atom. The van der Waals surface area contributed by atoms with Crippen molar-refractivity contribution in [1.82, 2.24) is 20.9 Å². The second kappa shape index (κ2) is 16.8. The predicted octanol–water partition coefficient (Wildman–Crippen LogP) is 3.00. The molecule has 4 amide bonds. The molecule has 0 aliphatic rings. The summed E-state index contributed by atoms with van der Waals surface area (Å²) in [5, 5.41) is 8.11. The first-order valence-corrected chi connectivity index (χ1v) is 13.8. The van der Waals surface area contributed by atoms with Crippen LogP contribution in [0.1, 0.15) is 51.2 Å². The zero-order valence-electron chi connectivity index (χ0n) is 24.5. The number of Topliss-reactive ketones (excluding diaryl/α,β-unsaturated/α-hetero) is 1. The molecule has 41 heavy (non-hydrogen) atoms. The first-order valence-electron chi connectivity index (χ1n) is 13.8. The van der Waals surface area contributed by atoms with Crippen LogP contribution in [0.15, 0.2) is 60.7 Å². The molecule has 2 aromatic rings. The summed E-state index contributed by atoms with van der Waals surface area (Å²) < 4.78 is 5.30. The molecule has 0 radical (unpaired) electrons. The van der Waals surface area contributed by atoms with Gasteiger partial charge in [-0.05, 0) is 36.8 Å². The molecule has 2 aromatic carbocycles. The third-order valence-corrected chi connectivity index (χ3v) is 6.40. The lowest BCUT2D eigenvalue weighted by molar-refractivity contribution is -0.132. The van der Waals surface area contributed by atoms with E-state index in [1.54, 1.807) is 14.1 Å². The van der Waals surface area contributed by atoms with Crippen LogP contribution in [-0.2, 0) is 36.9 Å². The molecule has 222 valence electrons. The number of nitrogens with one attached hydrogen (secondary N) is 3. The molecule has 0 aliphatic heterocycles. The Morgan fingerprint density at radius 3 is 1.83 bits per heavy atom. The van der Waals surface area contributed by atoms with Crippen molar-refractivity contribution in [3.05, 3.63) is 71.8 Å². The molecular formula is C31H42N4O6. The molecule has 0 fully saturated rings. The van der Waals surface area contributed by atoms with E-state index in [2.05, 4.69) is 16.0 Å². The number of ether oxygens (including phenoxy) is 1. The van der Waals surface area contributed by atoms with Crippen LogP contribution in [0.2, 0.25) is 0 Å². The van der Waals surface area contributed by atoms with Crippen molar-refractivity contribution in [1.29, 1.82) is 0 Å². The van der Waals surface area contributed by atoms with Crippen LogP contribution in [0.5, 0.6) is 0 Å². The van der Waals surface area contributed by atoms with Gasteiger partial charge in [0.15, 0.2) is 5.78 Å². The van der Waals surface area contributed by atoms with E-state index in [1.807, 2.05) is 74.5 Å². The SMILES string of the molecule is CC(=O)[C@H](CCC(=O)N(C)C)NC(=O)[C@H](Cc1ccccc1)NC(=O)[C@H](CC(C)C)NC(=O)OCc1ccccc1. The van der Waals surface area contributed by atoms with Crippen LogP contribution >= 0.6 is 0 Å². The van der Waals surface area contributed by atoms with Crippen molar-refractivity contribution in [2.24, 2.45) is 5.92 Å². The van der Waals surface area contributed by atoms with Gasteiger partial charge in [-0.1, -0.05) is 74.5 Å². The minimum absolute atomic E-state index is 0.0461. The molecule has 0 aliphatic carbocycles. The molecule has 10 heteroatoms. The number of ketones is 1. The Balaban J connectivity index is 2.16. The van der Waals surface area contributed by atoms with Gasteiger partial charge in [0, 0.05) is 26.9 Å². The number of benzene rings is 2. The van der Waals surface area contributed by atoms with Gasteiger partial charge in [-0.3, -0.25) is 19.2 Å². The highest BCUT2D eigenvalue weighted by molar-refractivity contribution is 5.94. The first kappa shape index (κ1) is 33.0. The van der Waals surface area contributed by atoms with Crippen LogP contribution in [0.3, 0.4) is 0 Å². The third-order valence-electron chi connectivity index (χ3n) is 6.40. The van der Waals surface area contributed by atoms with Gasteiger partial charge in [0.25, 0.3) is 0 Å². The van der Waals surface area contributed by atoms with Gasteiger partial charge in [-0.25, -0.2) is 4.79 Å². The van der Waals surface area contributed by atoms with Gasteiger partial charge >= 0.3 is 6.09 Å². The molecule has 0 bridgehead atoms. The molecule has 0 heterocycles. The average molecular weight is 567 g/mol. The monoisotopic (exact) mass is 566 g/mol. The highest BCUT2D eigenvalue weighted by Crippen LogP contribution is 2.10. The highest BCUT2D eigenvalue weighted by atomic mass is 16.5. The quantitative estimate of drug-likeness (QED) is 0.304. The molecule has 3 atom stereocenters. The lowest BCUT2D eigenvalue weighted by atomic mass is 10.0. The van der Waals surface area contributed by atoms with Gasteiger partial charge in [-0.2, -0.15) is 0 Å². The van der Waals surface area contributed by atoms with Crippen LogP contribution < -0.4 is 16.0 Å². The van der Waals surface area contributed by atoms with E-state index in [-0.39, 0.29) is 43.5 Å². The maximum absolute atomic E-state index is 13.4. The third kappa shape index (κ3) is 12.2. The van der Waals surface area contributed by atoms with E-state index >= 15 is 0 Å². The fourth-order valence-corrected chi connectivity index (χ4v) is 4.08. The van der Waals surface area contributed by atoms with Crippen LogP contribution in [0.25, 0.3) is 0 Å². The Kier molecular flexibility index (Phi) is 13.5. The smallest absolute Gasteiger partial charge is 0.408 e. The van der Waals surface area contributed by atoms with Crippen LogP contribution in [-0.4, -0.2) is 66.7 Å². The fourth-order valence-electron chi connectivity index (χ4n) is 4.08. The number of amides is 4. The fraction of sp³-hybridized carbons (Fsp3) is 0.452. The highest BCUT2D eigenvalue weighted by Gasteiger charge is 2.30. The summed E-state index contributed by atoms with van der Waals surface area (Å²) in [4.78, 5) is 65.2. The standard InChI is InChI=1S/C31H42N4O6/c1-21(2)18-26(34-31(40)41-20-24-14-10-7-11-15-24)29(38)33-27(19-23-12-8-6-9-13-23)30(39)32-25(22(3)36)16-17-28(37)35(4)5/h6-15,21,25-27H,16-20H2,1-5H3,(H,32,39)(H,33,38)(H,34,40)/t25-,26-,27-/m0/s1. The Hall–Kier alpha value is -4.21. The summed E-state index contributed by atoms with van der Waals surface area (Å²) in [7, 11) is 3.24. The number of alkyl carbamates (subject to hydrolysis) is 1. The van der Waals surface area contributed by atoms with Crippen molar-refractivity contribution in [3.8, 4) is 0 Å². The number of nitrogens with zero attached hydrogens (tertiary/aromatic N) is 1. The first-order chi connectivity index (χ1) is 19.5. The molecule has 0 saturated carbocycles. The Bertz CT molecular complexity index is 1150. The topological polar surface area (TPSA) is 134 Å². The molecule has 3 N–H and O–H groups in total. The van der Waals surface area contributed by atoms with Crippen molar-refractivity contribution in [3.63, 3.8) is 0 Å². The molecule has 0 aromatic heterocycles. The molecule has 10 nitrogen and oxygen atoms in total. The van der Waals surface area contributed by atoms with E-state index in [0.29, 0.717) is 6.42 Å². The largest absolute Gasteiger partial charge is 0.445 e. The Labute approximate surface area is 242 Å². The zero-order chi connectivity index (χ0) is 30.4. The maximum Gasteiger partial charge on any atom is 0.408 e. The zero-order valence-corrected chi connectivity index (χ0v) is 24.5. The second-order valence-corrected chi connectivity index (χ2v) is 10.6. The van der Waals surface area contributed by atoms with Gasteiger partial charge in [0.2, 0.25) is 17.7 Å². The lowest BCUT2D eigenvalue weighted by Crippen LogP contribution is -2.56. The van der Waals surface area contributed by atoms with Crippen molar-refractivity contribution < 1.29 is 28.7 Å². The van der Waals surface area contributed by atoms with E-state index in [9.17, 15) is 24.0 Å². The van der Waals surface area contributed by atoms with E-state index in [4.69, 9.17) is 4.74 Å². The minimum atomic E-state index is -1.03. The number of hydrogen-bond acceptors (Lipinski definition) is 6. The summed E-state index contributed by atoms with van der Waals surface area (Å²) in [5.41, 5.74) is 1.60. The second-order valence-electron chi connectivity index (χ2n) is 10.6. The predicted molar refractivity (Wildman–Crippen MR) is 156 cm³/mol. The molecule has 0 unspecified atom stereocenters. The maximum atomic E-state index is 13.4. The normalized spacial score (nSPS) is 12.9. The summed E-state index contributed by atoms with van der Waals surface area (Å²) in [6, 6.07) is 15.4. The van der Waals surface area contributed by atoms with Gasteiger partial charge in [-0.15, -0.1) is 0 Å². The van der Waals surface area contributed by atoms with Crippen LogP contribution in [0.4, 0.5) is 4.79 Å². The number of carbonyl (C=O) groups excluding carboxylic acids is 5. The van der Waals surface area contributed by atoms with Crippen molar-refractivity contribution >= 4 is 29.6 Å². The summed E-state index contributed by atoms with van der Waals surface area (Å²) in [6.45, 7) is 5.22. The van der Waals surface area contributed by atoms with Crippen molar-refractivity contribution in [2.75, 3.05) is 14.1 Å². The van der Waals surface area contributed by atoms with Gasteiger partial charge in [0.05, 0.1) is 6.04 Å². The molecule has 0 spiro atoms. The molecule has 0 saturated heterocycles. The van der Waals surface area contributed by atoms with E-state index in [0.717, 1.165) is 11.1 Å². The molecule has 2 rings (SSSR count). The number of rotatable bonds is 15. The lowest BCUT2D eigenvalue weighted by Gasteiger charge is -2.26. The molecular weight excluding hydrogens is 524 g/mol. The average Bonchev–Trinajstić information content (AvgIpc) is 2.93. The van der Waals surface area contributed by atoms with Crippen LogP contribution in [0, 0.1) is 5.92 Å². The van der Waals surface area contributed by atoms with Crippen molar-refractivity contribution in [2.45, 2.75) is 71.2 Å². The van der Waals surface area contributed by atoms with Gasteiger partial charge < -0.3 is 25.6 Å². The summed E-state index contributed by atoms with van der Waals surface area (Å²) in [5.74, 6) is -1.52.